The summed E-state index contributed by atoms with van der Waals surface area (Å²) in [6, 6.07) is 22.9. The molecule has 0 aliphatic carbocycles. The highest BCUT2D eigenvalue weighted by Crippen LogP contribution is 2.33. The number of benzene rings is 3. The van der Waals surface area contributed by atoms with Crippen LogP contribution < -0.4 is 4.90 Å². The monoisotopic (exact) mass is 352 g/mol. The van der Waals surface area contributed by atoms with Gasteiger partial charge in [-0.25, -0.2) is 4.98 Å². The molecule has 0 bridgehead atoms. The SMILES string of the molecule is CN(Cc1cncn1C)c1ccc(C#N)c(-c2cccc3ccccc23)c1. The molecule has 4 heteroatoms. The van der Waals surface area contributed by atoms with Crippen LogP contribution in [0.25, 0.3) is 21.9 Å². The standard InChI is InChI=1S/C23H20N4/c1-26(15-20-14-25-16-27(20)2)19-11-10-18(13-24)23(12-19)22-9-5-7-17-6-3-4-8-21(17)22/h3-12,14,16H,15H2,1-2H3. The first-order valence-corrected chi connectivity index (χ1v) is 8.86. The minimum Gasteiger partial charge on any atom is -0.369 e. The van der Waals surface area contributed by atoms with E-state index in [0.29, 0.717) is 5.56 Å². The molecule has 0 saturated carbocycles. The number of nitrogens with zero attached hydrogens (tertiary/aromatic N) is 4. The second kappa shape index (κ2) is 6.97. The normalized spacial score (nSPS) is 10.7. The van der Waals surface area contributed by atoms with Crippen molar-refractivity contribution in [3.05, 3.63) is 84.4 Å². The predicted molar refractivity (Wildman–Crippen MR) is 109 cm³/mol. The van der Waals surface area contributed by atoms with Gasteiger partial charge in [0.25, 0.3) is 0 Å². The number of fused-ring (bicyclic) bond motifs is 1. The average Bonchev–Trinajstić information content (AvgIpc) is 3.11. The first-order valence-electron chi connectivity index (χ1n) is 8.86. The minimum absolute atomic E-state index is 0.684. The highest BCUT2D eigenvalue weighted by molar-refractivity contribution is 5.98. The Bertz CT molecular complexity index is 1150. The zero-order valence-electron chi connectivity index (χ0n) is 15.4. The van der Waals surface area contributed by atoms with Crippen molar-refractivity contribution in [3.8, 4) is 17.2 Å². The first kappa shape index (κ1) is 16.9. The van der Waals surface area contributed by atoms with Crippen molar-refractivity contribution in [2.45, 2.75) is 6.54 Å². The fraction of sp³-hybridized carbons (Fsp3) is 0.130. The molecular formula is C23H20N4. The van der Waals surface area contributed by atoms with Gasteiger partial charge in [0.15, 0.2) is 0 Å². The van der Waals surface area contributed by atoms with Crippen molar-refractivity contribution in [1.82, 2.24) is 9.55 Å². The van der Waals surface area contributed by atoms with E-state index >= 15 is 0 Å². The van der Waals surface area contributed by atoms with Gasteiger partial charge in [0.2, 0.25) is 0 Å². The zero-order valence-corrected chi connectivity index (χ0v) is 15.4. The highest BCUT2D eigenvalue weighted by Gasteiger charge is 2.12. The van der Waals surface area contributed by atoms with Gasteiger partial charge in [-0.05, 0) is 34.5 Å². The van der Waals surface area contributed by atoms with E-state index in [-0.39, 0.29) is 0 Å². The van der Waals surface area contributed by atoms with E-state index in [2.05, 4.69) is 53.3 Å². The number of nitriles is 1. The van der Waals surface area contributed by atoms with Crippen LogP contribution in [0.2, 0.25) is 0 Å². The van der Waals surface area contributed by atoms with E-state index < -0.39 is 0 Å². The maximum absolute atomic E-state index is 9.65. The van der Waals surface area contributed by atoms with Crippen molar-refractivity contribution >= 4 is 16.5 Å². The van der Waals surface area contributed by atoms with Crippen LogP contribution in [0.1, 0.15) is 11.3 Å². The van der Waals surface area contributed by atoms with Gasteiger partial charge in [0.1, 0.15) is 0 Å². The molecule has 0 aliphatic heterocycles. The third-order valence-corrected chi connectivity index (χ3v) is 4.96. The lowest BCUT2D eigenvalue weighted by Crippen LogP contribution is -2.18. The Labute approximate surface area is 158 Å². The number of aryl methyl sites for hydroxylation is 1. The van der Waals surface area contributed by atoms with E-state index in [4.69, 9.17) is 0 Å². The van der Waals surface area contributed by atoms with Crippen molar-refractivity contribution in [2.24, 2.45) is 7.05 Å². The van der Waals surface area contributed by atoms with Gasteiger partial charge < -0.3 is 9.47 Å². The molecule has 132 valence electrons. The summed E-state index contributed by atoms with van der Waals surface area (Å²) >= 11 is 0. The van der Waals surface area contributed by atoms with Gasteiger partial charge >= 0.3 is 0 Å². The average molecular weight is 352 g/mol. The molecule has 0 radical (unpaired) electrons. The number of hydrogen-bond acceptors (Lipinski definition) is 3. The highest BCUT2D eigenvalue weighted by atomic mass is 15.1. The van der Waals surface area contributed by atoms with E-state index in [0.717, 1.165) is 34.4 Å². The molecule has 0 spiro atoms. The Balaban J connectivity index is 1.80. The van der Waals surface area contributed by atoms with Crippen LogP contribution in [0.4, 0.5) is 5.69 Å². The lowest BCUT2D eigenvalue weighted by atomic mass is 9.94. The van der Waals surface area contributed by atoms with E-state index in [1.807, 2.05) is 54.5 Å². The molecule has 0 saturated heterocycles. The summed E-state index contributed by atoms with van der Waals surface area (Å²) in [6.45, 7) is 0.747. The zero-order chi connectivity index (χ0) is 18.8. The number of anilines is 1. The molecule has 1 heterocycles. The lowest BCUT2D eigenvalue weighted by molar-refractivity contribution is 0.788. The Kier molecular flexibility index (Phi) is 4.35. The van der Waals surface area contributed by atoms with Crippen LogP contribution >= 0.6 is 0 Å². The quantitative estimate of drug-likeness (QED) is 0.532. The molecular weight excluding hydrogens is 332 g/mol. The van der Waals surface area contributed by atoms with Crippen LogP contribution in [0, 0.1) is 11.3 Å². The molecule has 3 aromatic carbocycles. The molecule has 1 aromatic heterocycles. The summed E-state index contributed by atoms with van der Waals surface area (Å²) in [4.78, 5) is 6.36. The van der Waals surface area contributed by atoms with E-state index in [1.54, 1.807) is 0 Å². The molecule has 0 aliphatic rings. The van der Waals surface area contributed by atoms with Gasteiger partial charge in [0.05, 0.1) is 30.2 Å². The molecule has 0 atom stereocenters. The van der Waals surface area contributed by atoms with Crippen molar-refractivity contribution in [3.63, 3.8) is 0 Å². The number of aromatic nitrogens is 2. The van der Waals surface area contributed by atoms with Gasteiger partial charge in [-0.1, -0.05) is 42.5 Å². The fourth-order valence-corrected chi connectivity index (χ4v) is 3.42. The summed E-state index contributed by atoms with van der Waals surface area (Å²) in [6.07, 6.45) is 3.69. The number of imidazole rings is 1. The number of rotatable bonds is 4. The Morgan fingerprint density at radius 2 is 1.85 bits per heavy atom. The fourth-order valence-electron chi connectivity index (χ4n) is 3.42. The molecule has 0 unspecified atom stereocenters. The third-order valence-electron chi connectivity index (χ3n) is 4.96. The summed E-state index contributed by atoms with van der Waals surface area (Å²) in [5.74, 6) is 0. The van der Waals surface area contributed by atoms with Crippen molar-refractivity contribution < 1.29 is 0 Å². The maximum Gasteiger partial charge on any atom is 0.0998 e. The molecule has 0 amide bonds. The summed E-state index contributed by atoms with van der Waals surface area (Å²) in [5.41, 5.74) is 4.93. The largest absolute Gasteiger partial charge is 0.369 e. The van der Waals surface area contributed by atoms with Crippen LogP contribution in [0.15, 0.2) is 73.2 Å². The first-order chi connectivity index (χ1) is 13.2. The van der Waals surface area contributed by atoms with Crippen molar-refractivity contribution in [2.75, 3.05) is 11.9 Å². The van der Waals surface area contributed by atoms with Crippen LogP contribution in [-0.4, -0.2) is 16.6 Å². The molecule has 4 nitrogen and oxygen atoms in total. The van der Waals surface area contributed by atoms with Gasteiger partial charge in [-0.15, -0.1) is 0 Å². The third kappa shape index (κ3) is 3.16. The van der Waals surface area contributed by atoms with Crippen LogP contribution in [-0.2, 0) is 13.6 Å². The predicted octanol–water partition coefficient (Wildman–Crippen LogP) is 4.75. The summed E-state index contributed by atoms with van der Waals surface area (Å²) in [5, 5.41) is 12.0. The molecule has 0 N–H and O–H groups in total. The van der Waals surface area contributed by atoms with Crippen molar-refractivity contribution in [1.29, 1.82) is 5.26 Å². The minimum atomic E-state index is 0.684. The maximum atomic E-state index is 9.65. The van der Waals surface area contributed by atoms with Gasteiger partial charge in [0, 0.05) is 31.5 Å². The smallest absolute Gasteiger partial charge is 0.0998 e. The Morgan fingerprint density at radius 1 is 1.04 bits per heavy atom. The second-order valence-corrected chi connectivity index (χ2v) is 6.72. The summed E-state index contributed by atoms with van der Waals surface area (Å²) < 4.78 is 2.02. The number of hydrogen-bond donors (Lipinski definition) is 0. The Hall–Kier alpha value is -3.58. The van der Waals surface area contributed by atoms with Gasteiger partial charge in [-0.2, -0.15) is 5.26 Å². The lowest BCUT2D eigenvalue weighted by Gasteiger charge is -2.21. The second-order valence-electron chi connectivity index (χ2n) is 6.72. The molecule has 27 heavy (non-hydrogen) atoms. The topological polar surface area (TPSA) is 44.9 Å². The van der Waals surface area contributed by atoms with E-state index in [9.17, 15) is 5.26 Å². The Morgan fingerprint density at radius 3 is 2.63 bits per heavy atom. The van der Waals surface area contributed by atoms with Gasteiger partial charge in [-0.3, -0.25) is 0 Å². The van der Waals surface area contributed by atoms with Crippen LogP contribution in [0.3, 0.4) is 0 Å². The van der Waals surface area contributed by atoms with Crippen LogP contribution in [0.5, 0.6) is 0 Å². The summed E-state index contributed by atoms with van der Waals surface area (Å²) in [7, 11) is 4.05. The molecule has 4 aromatic rings. The van der Waals surface area contributed by atoms with E-state index in [1.165, 1.54) is 5.39 Å². The molecule has 0 fully saturated rings. The molecule has 4 rings (SSSR count).